The number of ether oxygens (including phenoxy) is 2. The van der Waals surface area contributed by atoms with E-state index in [0.717, 1.165) is 0 Å². The molecule has 0 fully saturated rings. The predicted molar refractivity (Wildman–Crippen MR) is 65.9 cm³/mol. The van der Waals surface area contributed by atoms with Crippen LogP contribution in [0.2, 0.25) is 0 Å². The summed E-state index contributed by atoms with van der Waals surface area (Å²) in [6.45, 7) is 5.27. The van der Waals surface area contributed by atoms with E-state index in [1.807, 2.05) is 0 Å². The minimum absolute atomic E-state index is 0.218. The average molecular weight is 267 g/mol. The fourth-order valence-corrected chi connectivity index (χ4v) is 1.95. The van der Waals surface area contributed by atoms with Crippen LogP contribution in [0, 0.1) is 0 Å². The number of carbonyl (C=O) groups excluding carboxylic acids is 1. The number of aliphatic hydroxyl groups is 2. The number of carbonyl (C=O) groups is 1. The van der Waals surface area contributed by atoms with Crippen molar-refractivity contribution < 1.29 is 24.5 Å². The van der Waals surface area contributed by atoms with E-state index in [1.54, 1.807) is 20.8 Å². The molecule has 6 nitrogen and oxygen atoms in total. The lowest BCUT2D eigenvalue weighted by Gasteiger charge is -2.39. The van der Waals surface area contributed by atoms with Gasteiger partial charge in [0.1, 0.15) is 17.8 Å². The normalized spacial score (nSPS) is 24.3. The van der Waals surface area contributed by atoms with Crippen molar-refractivity contribution in [2.75, 3.05) is 6.61 Å². The van der Waals surface area contributed by atoms with Crippen molar-refractivity contribution in [3.63, 3.8) is 0 Å². The van der Waals surface area contributed by atoms with Gasteiger partial charge in [-0.1, -0.05) is 0 Å². The number of nitrogens with zero attached hydrogens (tertiary/aromatic N) is 1. The van der Waals surface area contributed by atoms with Gasteiger partial charge in [-0.2, -0.15) is 0 Å². The summed E-state index contributed by atoms with van der Waals surface area (Å²) in [6.07, 6.45) is -0.919. The third-order valence-electron chi connectivity index (χ3n) is 3.08. The Labute approximate surface area is 111 Å². The van der Waals surface area contributed by atoms with Crippen LogP contribution in [-0.2, 0) is 4.74 Å². The van der Waals surface area contributed by atoms with Crippen molar-refractivity contribution in [2.45, 2.75) is 38.6 Å². The van der Waals surface area contributed by atoms with Crippen LogP contribution in [0.1, 0.15) is 42.8 Å². The largest absolute Gasteiger partial charge is 0.468 e. The second kappa shape index (κ2) is 4.79. The van der Waals surface area contributed by atoms with Crippen molar-refractivity contribution in [1.29, 1.82) is 0 Å². The van der Waals surface area contributed by atoms with Crippen molar-refractivity contribution in [3.05, 3.63) is 23.4 Å². The van der Waals surface area contributed by atoms with Gasteiger partial charge in [0.15, 0.2) is 0 Å². The van der Waals surface area contributed by atoms with Crippen LogP contribution in [0.5, 0.6) is 5.88 Å². The standard InChI is InChI=1S/C13H17NO5/c1-4-18-12(17)7-5-8-9(15)10(16)13(2,3)19-11(8)14-6-7/h5-6,9-10,15-16H,4H2,1-3H3/t9-,10+/m1/s1. The molecule has 6 heteroatoms. The van der Waals surface area contributed by atoms with Gasteiger partial charge in [-0.3, -0.25) is 0 Å². The number of aliphatic hydroxyl groups excluding tert-OH is 2. The molecule has 1 aromatic heterocycles. The topological polar surface area (TPSA) is 88.9 Å². The van der Waals surface area contributed by atoms with Crippen molar-refractivity contribution in [1.82, 2.24) is 4.98 Å². The number of fused-ring (bicyclic) bond motifs is 1. The summed E-state index contributed by atoms with van der Waals surface area (Å²) in [5.41, 5.74) is -0.433. The van der Waals surface area contributed by atoms with Crippen LogP contribution in [0.3, 0.4) is 0 Å². The van der Waals surface area contributed by atoms with Crippen LogP contribution >= 0.6 is 0 Å². The molecule has 0 saturated heterocycles. The molecule has 2 atom stereocenters. The highest BCUT2D eigenvalue weighted by atomic mass is 16.5. The highest BCUT2D eigenvalue weighted by Crippen LogP contribution is 2.38. The number of aromatic nitrogens is 1. The molecule has 2 N–H and O–H groups in total. The smallest absolute Gasteiger partial charge is 0.339 e. The SMILES string of the molecule is CCOC(=O)c1cnc2c(c1)[C@@H](O)[C@H](O)C(C)(C)O2. The van der Waals surface area contributed by atoms with Gasteiger partial charge in [-0.15, -0.1) is 0 Å². The number of esters is 1. The van der Waals surface area contributed by atoms with Gasteiger partial charge in [-0.25, -0.2) is 9.78 Å². The van der Waals surface area contributed by atoms with Crippen LogP contribution < -0.4 is 4.74 Å². The minimum atomic E-state index is -1.15. The molecule has 2 rings (SSSR count). The molecule has 2 heterocycles. The highest BCUT2D eigenvalue weighted by Gasteiger charge is 2.43. The molecular formula is C13H17NO5. The van der Waals surface area contributed by atoms with Crippen LogP contribution in [-0.4, -0.2) is 39.5 Å². The second-order valence-corrected chi connectivity index (χ2v) is 4.93. The molecular weight excluding hydrogens is 250 g/mol. The van der Waals surface area contributed by atoms with Gasteiger partial charge < -0.3 is 19.7 Å². The van der Waals surface area contributed by atoms with E-state index in [-0.39, 0.29) is 23.6 Å². The number of hydrogen-bond acceptors (Lipinski definition) is 6. The maximum absolute atomic E-state index is 11.6. The Bertz CT molecular complexity index is 500. The summed E-state index contributed by atoms with van der Waals surface area (Å²) in [7, 11) is 0. The first-order valence-corrected chi connectivity index (χ1v) is 6.09. The molecule has 1 aromatic rings. The molecule has 0 aliphatic carbocycles. The first kappa shape index (κ1) is 13.8. The third-order valence-corrected chi connectivity index (χ3v) is 3.08. The molecule has 0 radical (unpaired) electrons. The summed E-state index contributed by atoms with van der Waals surface area (Å²) in [5, 5.41) is 20.0. The molecule has 104 valence electrons. The minimum Gasteiger partial charge on any atom is -0.468 e. The molecule has 0 spiro atoms. The van der Waals surface area contributed by atoms with Crippen LogP contribution in [0.15, 0.2) is 12.3 Å². The van der Waals surface area contributed by atoms with Gasteiger partial charge in [0.25, 0.3) is 0 Å². The quantitative estimate of drug-likeness (QED) is 0.771. The zero-order chi connectivity index (χ0) is 14.2. The lowest BCUT2D eigenvalue weighted by atomic mass is 9.89. The van der Waals surface area contributed by atoms with Crippen LogP contribution in [0.25, 0.3) is 0 Å². The Hall–Kier alpha value is -1.66. The lowest BCUT2D eigenvalue weighted by Crippen LogP contribution is -2.49. The van der Waals surface area contributed by atoms with E-state index in [2.05, 4.69) is 4.98 Å². The Morgan fingerprint density at radius 2 is 2.21 bits per heavy atom. The van der Waals surface area contributed by atoms with E-state index in [9.17, 15) is 15.0 Å². The molecule has 1 aliphatic rings. The molecule has 0 aromatic carbocycles. The fourth-order valence-electron chi connectivity index (χ4n) is 1.95. The third kappa shape index (κ3) is 2.41. The molecule has 0 bridgehead atoms. The Morgan fingerprint density at radius 3 is 2.84 bits per heavy atom. The number of pyridine rings is 1. The maximum atomic E-state index is 11.6. The molecule has 1 aliphatic heterocycles. The predicted octanol–water partition coefficient (Wildman–Crippen LogP) is 0.824. The molecule has 0 amide bonds. The monoisotopic (exact) mass is 267 g/mol. The van der Waals surface area contributed by atoms with E-state index < -0.39 is 23.8 Å². The van der Waals surface area contributed by atoms with Crippen molar-refractivity contribution in [3.8, 4) is 5.88 Å². The number of rotatable bonds is 2. The van der Waals surface area contributed by atoms with E-state index >= 15 is 0 Å². The fraction of sp³-hybridized carbons (Fsp3) is 0.538. The summed E-state index contributed by atoms with van der Waals surface area (Å²) in [4.78, 5) is 15.6. The van der Waals surface area contributed by atoms with Gasteiger partial charge in [-0.05, 0) is 26.8 Å². The highest BCUT2D eigenvalue weighted by molar-refractivity contribution is 5.89. The van der Waals surface area contributed by atoms with Gasteiger partial charge in [0, 0.05) is 11.8 Å². The maximum Gasteiger partial charge on any atom is 0.339 e. The van der Waals surface area contributed by atoms with Gasteiger partial charge in [0.05, 0.1) is 12.2 Å². The van der Waals surface area contributed by atoms with Crippen molar-refractivity contribution in [2.24, 2.45) is 0 Å². The van der Waals surface area contributed by atoms with Gasteiger partial charge in [0.2, 0.25) is 5.88 Å². The molecule has 0 saturated carbocycles. The summed E-state index contributed by atoms with van der Waals surface area (Å²) < 4.78 is 10.4. The first-order valence-electron chi connectivity index (χ1n) is 6.09. The summed E-state index contributed by atoms with van der Waals surface area (Å²) in [5.74, 6) is -0.305. The average Bonchev–Trinajstić information content (AvgIpc) is 2.36. The second-order valence-electron chi connectivity index (χ2n) is 4.93. The summed E-state index contributed by atoms with van der Waals surface area (Å²) in [6, 6.07) is 1.43. The van der Waals surface area contributed by atoms with Gasteiger partial charge >= 0.3 is 5.97 Å². The zero-order valence-corrected chi connectivity index (χ0v) is 11.1. The van der Waals surface area contributed by atoms with E-state index in [4.69, 9.17) is 9.47 Å². The Morgan fingerprint density at radius 1 is 1.53 bits per heavy atom. The Kier molecular flexibility index (Phi) is 3.47. The van der Waals surface area contributed by atoms with Crippen LogP contribution in [0.4, 0.5) is 0 Å². The van der Waals surface area contributed by atoms with E-state index in [1.165, 1.54) is 12.3 Å². The first-order chi connectivity index (χ1) is 8.86. The molecule has 19 heavy (non-hydrogen) atoms. The Balaban J connectivity index is 2.39. The van der Waals surface area contributed by atoms with Crippen molar-refractivity contribution >= 4 is 5.97 Å². The zero-order valence-electron chi connectivity index (χ0n) is 11.1. The summed E-state index contributed by atoms with van der Waals surface area (Å²) >= 11 is 0. The van der Waals surface area contributed by atoms with E-state index in [0.29, 0.717) is 0 Å². The number of hydrogen-bond donors (Lipinski definition) is 2. The molecule has 0 unspecified atom stereocenters. The lowest BCUT2D eigenvalue weighted by molar-refractivity contribution is -0.114.